The molecule has 1 amide bonds. The summed E-state index contributed by atoms with van der Waals surface area (Å²) < 4.78 is 42.5. The smallest absolute Gasteiger partial charge is 0.260 e. The fraction of sp³-hybridized carbons (Fsp3) is 0.481. The van der Waals surface area contributed by atoms with E-state index in [0.717, 1.165) is 19.5 Å². The summed E-state index contributed by atoms with van der Waals surface area (Å²) in [5, 5.41) is 0.491. The highest BCUT2D eigenvalue weighted by Crippen LogP contribution is 2.31. The van der Waals surface area contributed by atoms with Crippen molar-refractivity contribution in [2.24, 2.45) is 11.8 Å². The zero-order valence-electron chi connectivity index (χ0n) is 22.3. The van der Waals surface area contributed by atoms with Gasteiger partial charge in [-0.15, -0.1) is 12.4 Å². The largest absolute Gasteiger partial charge is 0.302 e. The van der Waals surface area contributed by atoms with Crippen LogP contribution < -0.4 is 4.90 Å². The fourth-order valence-corrected chi connectivity index (χ4v) is 7.64. The predicted octanol–water partition coefficient (Wildman–Crippen LogP) is 5.51. The molecule has 0 saturated carbocycles. The van der Waals surface area contributed by atoms with Gasteiger partial charge >= 0.3 is 0 Å². The van der Waals surface area contributed by atoms with Gasteiger partial charge in [0.1, 0.15) is 5.82 Å². The molecule has 2 unspecified atom stereocenters. The lowest BCUT2D eigenvalue weighted by Gasteiger charge is -2.34. The van der Waals surface area contributed by atoms with Gasteiger partial charge in [-0.3, -0.25) is 9.69 Å². The van der Waals surface area contributed by atoms with Gasteiger partial charge in [-0.2, -0.15) is 4.31 Å². The van der Waals surface area contributed by atoms with E-state index in [1.54, 1.807) is 27.4 Å². The molecule has 0 aliphatic carbocycles. The molecule has 1 fully saturated rings. The van der Waals surface area contributed by atoms with E-state index in [0.29, 0.717) is 58.9 Å². The number of nitrogens with zero attached hydrogens (tertiary/aromatic N) is 4. The summed E-state index contributed by atoms with van der Waals surface area (Å²) in [4.78, 5) is 22.3. The number of likely N-dealkylation sites (N-methyl/N-ethyl adjacent to an activating group) is 1. The van der Waals surface area contributed by atoms with Crippen LogP contribution in [0.5, 0.6) is 0 Å². The van der Waals surface area contributed by atoms with Crippen molar-refractivity contribution < 1.29 is 17.6 Å². The van der Waals surface area contributed by atoms with Crippen LogP contribution in [0.4, 0.5) is 9.52 Å². The van der Waals surface area contributed by atoms with Gasteiger partial charge in [0.25, 0.3) is 5.91 Å². The maximum absolute atomic E-state index is 13.8. The van der Waals surface area contributed by atoms with Crippen LogP contribution >= 0.6 is 23.7 Å². The van der Waals surface area contributed by atoms with Gasteiger partial charge in [0, 0.05) is 31.7 Å². The van der Waals surface area contributed by atoms with Crippen LogP contribution in [0.3, 0.4) is 0 Å². The molecule has 2 atom stereocenters. The van der Waals surface area contributed by atoms with Crippen molar-refractivity contribution in [3.05, 3.63) is 53.8 Å². The third-order valence-electron chi connectivity index (χ3n) is 6.92. The van der Waals surface area contributed by atoms with Gasteiger partial charge in [0.15, 0.2) is 5.13 Å². The van der Waals surface area contributed by atoms with Crippen molar-refractivity contribution in [1.29, 1.82) is 0 Å². The summed E-state index contributed by atoms with van der Waals surface area (Å²) >= 11 is 1.27. The number of rotatable bonds is 9. The molecule has 0 spiro atoms. The van der Waals surface area contributed by atoms with Crippen molar-refractivity contribution in [2.75, 3.05) is 44.2 Å². The van der Waals surface area contributed by atoms with Crippen molar-refractivity contribution in [1.82, 2.24) is 14.2 Å². The first-order valence-corrected chi connectivity index (χ1v) is 15.1. The maximum atomic E-state index is 13.8. The maximum Gasteiger partial charge on any atom is 0.260 e. The minimum atomic E-state index is -3.64. The van der Waals surface area contributed by atoms with Crippen LogP contribution in [-0.2, 0) is 10.0 Å². The molecule has 3 aromatic rings. The summed E-state index contributed by atoms with van der Waals surface area (Å²) in [7, 11) is -3.64. The molecule has 2 heterocycles. The molecule has 4 rings (SSSR count). The number of carbonyl (C=O) groups is 1. The normalized spacial score (nSPS) is 18.5. The number of fused-ring (bicyclic) bond motifs is 1. The number of hydrogen-bond acceptors (Lipinski definition) is 6. The minimum absolute atomic E-state index is 0. The average molecular weight is 583 g/mol. The summed E-state index contributed by atoms with van der Waals surface area (Å²) in [5.41, 5.74) is 1.01. The molecule has 1 aromatic heterocycles. The number of piperidine rings is 1. The Labute approximate surface area is 235 Å². The molecule has 11 heteroatoms. The van der Waals surface area contributed by atoms with Gasteiger partial charge < -0.3 is 4.90 Å². The second-order valence-electron chi connectivity index (χ2n) is 9.88. The minimum Gasteiger partial charge on any atom is -0.302 e. The molecular formula is C27H36ClFN4O3S2. The number of sulfonamides is 1. The molecule has 0 N–H and O–H groups in total. The van der Waals surface area contributed by atoms with E-state index < -0.39 is 10.0 Å². The number of benzene rings is 2. The highest BCUT2D eigenvalue weighted by Gasteiger charge is 2.32. The first-order chi connectivity index (χ1) is 17.6. The number of anilines is 1. The molecule has 2 aromatic carbocycles. The third kappa shape index (κ3) is 6.71. The SMILES string of the molecule is CCN(CC)CCN(C(=O)c1ccc(S(=O)(=O)N2CC(C)CC(C)C2)cc1)c1nc2ccc(F)cc2s1.Cl. The Hall–Kier alpha value is -2.11. The van der Waals surface area contributed by atoms with Gasteiger partial charge in [0.2, 0.25) is 10.0 Å². The van der Waals surface area contributed by atoms with Crippen LogP contribution in [-0.4, -0.2) is 67.8 Å². The molecule has 1 saturated heterocycles. The quantitative estimate of drug-likeness (QED) is 0.332. The Balaban J connectivity index is 0.00000400. The average Bonchev–Trinajstić information content (AvgIpc) is 3.28. The van der Waals surface area contributed by atoms with E-state index in [-0.39, 0.29) is 29.0 Å². The second kappa shape index (κ2) is 12.8. The molecule has 1 aliphatic rings. The molecule has 0 bridgehead atoms. The molecule has 208 valence electrons. The van der Waals surface area contributed by atoms with Crippen molar-refractivity contribution in [3.63, 3.8) is 0 Å². The standard InChI is InChI=1S/C27H35FN4O3S2.ClH/c1-5-30(6-2)13-14-32(27-29-24-12-9-22(28)16-25(24)36-27)26(33)21-7-10-23(11-8-21)37(34,35)31-17-19(3)15-20(4)18-31;/h7-12,16,19-20H,5-6,13-15,17-18H2,1-4H3;1H. The molecule has 38 heavy (non-hydrogen) atoms. The Morgan fingerprint density at radius 1 is 1.05 bits per heavy atom. The topological polar surface area (TPSA) is 73.8 Å². The Bertz CT molecular complexity index is 1340. The highest BCUT2D eigenvalue weighted by atomic mass is 35.5. The summed E-state index contributed by atoms with van der Waals surface area (Å²) in [6, 6.07) is 10.6. The lowest BCUT2D eigenvalue weighted by Crippen LogP contribution is -2.42. The molecule has 7 nitrogen and oxygen atoms in total. The van der Waals surface area contributed by atoms with Gasteiger partial charge in [-0.1, -0.05) is 39.0 Å². The van der Waals surface area contributed by atoms with Crippen LogP contribution in [0, 0.1) is 17.7 Å². The first-order valence-electron chi connectivity index (χ1n) is 12.8. The van der Waals surface area contributed by atoms with E-state index in [2.05, 4.69) is 37.6 Å². The van der Waals surface area contributed by atoms with Crippen molar-refractivity contribution in [2.45, 2.75) is 39.0 Å². The van der Waals surface area contributed by atoms with Crippen LogP contribution in [0.25, 0.3) is 10.2 Å². The molecule has 1 aliphatic heterocycles. The van der Waals surface area contributed by atoms with Crippen LogP contribution in [0.1, 0.15) is 44.5 Å². The highest BCUT2D eigenvalue weighted by molar-refractivity contribution is 7.89. The van der Waals surface area contributed by atoms with E-state index in [4.69, 9.17) is 0 Å². The number of thiazole rings is 1. The summed E-state index contributed by atoms with van der Waals surface area (Å²) in [5.74, 6) is -0.00379. The van der Waals surface area contributed by atoms with Gasteiger partial charge in [0.05, 0.1) is 15.1 Å². The number of hydrogen-bond donors (Lipinski definition) is 0. The Morgan fingerprint density at radius 3 is 2.29 bits per heavy atom. The Morgan fingerprint density at radius 2 is 1.68 bits per heavy atom. The third-order valence-corrected chi connectivity index (χ3v) is 9.81. The lowest BCUT2D eigenvalue weighted by atomic mass is 9.94. The van der Waals surface area contributed by atoms with Crippen LogP contribution in [0.15, 0.2) is 47.4 Å². The van der Waals surface area contributed by atoms with Crippen LogP contribution in [0.2, 0.25) is 0 Å². The summed E-state index contributed by atoms with van der Waals surface area (Å²) in [6.07, 6.45) is 1.02. The summed E-state index contributed by atoms with van der Waals surface area (Å²) in [6.45, 7) is 12.1. The van der Waals surface area contributed by atoms with E-state index in [1.165, 1.54) is 35.6 Å². The second-order valence-corrected chi connectivity index (χ2v) is 12.8. The van der Waals surface area contributed by atoms with E-state index in [9.17, 15) is 17.6 Å². The number of amides is 1. The number of aromatic nitrogens is 1. The first kappa shape index (κ1) is 30.4. The molecule has 0 radical (unpaired) electrons. The van der Waals surface area contributed by atoms with E-state index in [1.807, 2.05) is 0 Å². The molecular weight excluding hydrogens is 547 g/mol. The van der Waals surface area contributed by atoms with E-state index >= 15 is 0 Å². The van der Waals surface area contributed by atoms with Gasteiger partial charge in [-0.25, -0.2) is 17.8 Å². The van der Waals surface area contributed by atoms with Crippen molar-refractivity contribution >= 4 is 55.0 Å². The monoisotopic (exact) mass is 582 g/mol. The fourth-order valence-electron chi connectivity index (χ4n) is 4.94. The predicted molar refractivity (Wildman–Crippen MR) is 154 cm³/mol. The van der Waals surface area contributed by atoms with Crippen molar-refractivity contribution in [3.8, 4) is 0 Å². The van der Waals surface area contributed by atoms with Gasteiger partial charge in [-0.05, 0) is 73.8 Å². The zero-order chi connectivity index (χ0) is 26.7. The lowest BCUT2D eigenvalue weighted by molar-refractivity contribution is 0.0983. The number of halogens is 2. The zero-order valence-corrected chi connectivity index (χ0v) is 24.7. The number of carbonyl (C=O) groups excluding carboxylic acids is 1. The Kier molecular flexibility index (Phi) is 10.3.